The van der Waals surface area contributed by atoms with Crippen molar-refractivity contribution in [2.75, 3.05) is 13.6 Å². The molecule has 0 aliphatic carbocycles. The molecule has 0 aliphatic heterocycles. The third kappa shape index (κ3) is 4.16. The number of carbonyl (C=O) groups is 1. The first kappa shape index (κ1) is 14.2. The quantitative estimate of drug-likeness (QED) is 0.837. The summed E-state index contributed by atoms with van der Waals surface area (Å²) in [5, 5.41) is 0. The highest BCUT2D eigenvalue weighted by Gasteiger charge is 2.09. The van der Waals surface area contributed by atoms with Gasteiger partial charge in [-0.3, -0.25) is 9.78 Å². The largest absolute Gasteiger partial charge is 0.345 e. The Labute approximate surface area is 118 Å². The normalized spacial score (nSPS) is 10.3. The van der Waals surface area contributed by atoms with Crippen LogP contribution in [-0.2, 0) is 17.6 Å². The molecule has 0 saturated heterocycles. The SMILES string of the molecule is CN(CCc1ccccn1)C(=O)Cc1ccc(F)cc1. The first-order valence-corrected chi connectivity index (χ1v) is 6.53. The molecule has 4 heteroatoms. The lowest BCUT2D eigenvalue weighted by Crippen LogP contribution is -2.30. The lowest BCUT2D eigenvalue weighted by atomic mass is 10.1. The summed E-state index contributed by atoms with van der Waals surface area (Å²) in [6, 6.07) is 11.8. The Morgan fingerprint density at radius 2 is 1.95 bits per heavy atom. The summed E-state index contributed by atoms with van der Waals surface area (Å²) in [7, 11) is 1.77. The van der Waals surface area contributed by atoms with Crippen LogP contribution in [0, 0.1) is 5.82 Å². The van der Waals surface area contributed by atoms with Crippen molar-refractivity contribution in [3.8, 4) is 0 Å². The van der Waals surface area contributed by atoms with Crippen molar-refractivity contribution >= 4 is 5.91 Å². The van der Waals surface area contributed by atoms with Crippen LogP contribution < -0.4 is 0 Å². The van der Waals surface area contributed by atoms with Crippen LogP contribution >= 0.6 is 0 Å². The molecule has 2 rings (SSSR count). The lowest BCUT2D eigenvalue weighted by Gasteiger charge is -2.17. The van der Waals surface area contributed by atoms with Crippen molar-refractivity contribution in [1.29, 1.82) is 0 Å². The molecule has 0 radical (unpaired) electrons. The molecule has 2 aromatic rings. The van der Waals surface area contributed by atoms with E-state index in [0.29, 0.717) is 13.0 Å². The molecular formula is C16H17FN2O. The molecule has 1 heterocycles. The van der Waals surface area contributed by atoms with Crippen LogP contribution in [0.2, 0.25) is 0 Å². The van der Waals surface area contributed by atoms with Gasteiger partial charge in [-0.25, -0.2) is 4.39 Å². The molecule has 0 N–H and O–H groups in total. The van der Waals surface area contributed by atoms with Crippen LogP contribution in [0.3, 0.4) is 0 Å². The van der Waals surface area contributed by atoms with Crippen molar-refractivity contribution in [1.82, 2.24) is 9.88 Å². The van der Waals surface area contributed by atoms with Crippen LogP contribution in [0.25, 0.3) is 0 Å². The third-order valence-electron chi connectivity index (χ3n) is 3.12. The number of rotatable bonds is 5. The molecule has 1 amide bonds. The van der Waals surface area contributed by atoms with Gasteiger partial charge in [-0.05, 0) is 29.8 Å². The minimum atomic E-state index is -0.287. The fourth-order valence-corrected chi connectivity index (χ4v) is 1.86. The number of benzene rings is 1. The van der Waals surface area contributed by atoms with Gasteiger partial charge in [0.15, 0.2) is 0 Å². The number of amides is 1. The molecule has 0 unspecified atom stereocenters. The van der Waals surface area contributed by atoms with E-state index < -0.39 is 0 Å². The number of hydrogen-bond donors (Lipinski definition) is 0. The summed E-state index contributed by atoms with van der Waals surface area (Å²) < 4.78 is 12.8. The number of nitrogens with zero attached hydrogens (tertiary/aromatic N) is 2. The first-order chi connectivity index (χ1) is 9.65. The van der Waals surface area contributed by atoms with Gasteiger partial charge in [-0.2, -0.15) is 0 Å². The average Bonchev–Trinajstić information content (AvgIpc) is 2.48. The van der Waals surface area contributed by atoms with Crippen molar-refractivity contribution in [3.63, 3.8) is 0 Å². The Balaban J connectivity index is 1.84. The van der Waals surface area contributed by atoms with Crippen molar-refractivity contribution in [2.24, 2.45) is 0 Å². The minimum absolute atomic E-state index is 0.0209. The summed E-state index contributed by atoms with van der Waals surface area (Å²) >= 11 is 0. The van der Waals surface area contributed by atoms with Crippen LogP contribution in [-0.4, -0.2) is 29.4 Å². The second kappa shape index (κ2) is 6.80. The number of aromatic nitrogens is 1. The monoisotopic (exact) mass is 272 g/mol. The second-order valence-electron chi connectivity index (χ2n) is 4.69. The van der Waals surface area contributed by atoms with Gasteiger partial charge in [0, 0.05) is 31.9 Å². The molecule has 0 aliphatic rings. The highest BCUT2D eigenvalue weighted by Crippen LogP contribution is 2.05. The fraction of sp³-hybridized carbons (Fsp3) is 0.250. The maximum absolute atomic E-state index is 12.8. The number of halogens is 1. The first-order valence-electron chi connectivity index (χ1n) is 6.53. The lowest BCUT2D eigenvalue weighted by molar-refractivity contribution is -0.129. The van der Waals surface area contributed by atoms with Crippen LogP contribution in [0.1, 0.15) is 11.3 Å². The molecule has 0 bridgehead atoms. The molecule has 1 aromatic heterocycles. The van der Waals surface area contributed by atoms with Crippen LogP contribution in [0.5, 0.6) is 0 Å². The molecule has 0 saturated carbocycles. The maximum atomic E-state index is 12.8. The Bertz CT molecular complexity index is 554. The number of hydrogen-bond acceptors (Lipinski definition) is 2. The smallest absolute Gasteiger partial charge is 0.226 e. The van der Waals surface area contributed by atoms with Gasteiger partial charge in [0.05, 0.1) is 6.42 Å². The van der Waals surface area contributed by atoms with Gasteiger partial charge in [0.1, 0.15) is 5.82 Å². The molecule has 0 fully saturated rings. The van der Waals surface area contributed by atoms with Gasteiger partial charge in [-0.1, -0.05) is 18.2 Å². The molecular weight excluding hydrogens is 255 g/mol. The third-order valence-corrected chi connectivity index (χ3v) is 3.12. The van der Waals surface area contributed by atoms with Crippen molar-refractivity contribution in [3.05, 3.63) is 65.7 Å². The fourth-order valence-electron chi connectivity index (χ4n) is 1.86. The summed E-state index contributed by atoms with van der Waals surface area (Å²) in [4.78, 5) is 17.9. The Kier molecular flexibility index (Phi) is 4.82. The summed E-state index contributed by atoms with van der Waals surface area (Å²) in [5.41, 5.74) is 1.79. The van der Waals surface area contributed by atoms with Crippen LogP contribution in [0.4, 0.5) is 4.39 Å². The molecule has 0 atom stereocenters. The van der Waals surface area contributed by atoms with Crippen molar-refractivity contribution in [2.45, 2.75) is 12.8 Å². The van der Waals surface area contributed by atoms with Crippen molar-refractivity contribution < 1.29 is 9.18 Å². The summed E-state index contributed by atoms with van der Waals surface area (Å²) in [5.74, 6) is -0.266. The average molecular weight is 272 g/mol. The highest BCUT2D eigenvalue weighted by molar-refractivity contribution is 5.78. The van der Waals surface area contributed by atoms with E-state index in [4.69, 9.17) is 0 Å². The zero-order valence-corrected chi connectivity index (χ0v) is 11.4. The van der Waals surface area contributed by atoms with E-state index in [0.717, 1.165) is 17.7 Å². The van der Waals surface area contributed by atoms with E-state index in [9.17, 15) is 9.18 Å². The topological polar surface area (TPSA) is 33.2 Å². The Morgan fingerprint density at radius 3 is 2.60 bits per heavy atom. The van der Waals surface area contributed by atoms with Gasteiger partial charge in [-0.15, -0.1) is 0 Å². The number of pyridine rings is 1. The number of likely N-dealkylation sites (N-methyl/N-ethyl adjacent to an activating group) is 1. The molecule has 0 spiro atoms. The van der Waals surface area contributed by atoms with Gasteiger partial charge in [0.2, 0.25) is 5.91 Å². The predicted octanol–water partition coefficient (Wildman–Crippen LogP) is 2.46. The maximum Gasteiger partial charge on any atom is 0.226 e. The van der Waals surface area contributed by atoms with Gasteiger partial charge >= 0.3 is 0 Å². The second-order valence-corrected chi connectivity index (χ2v) is 4.69. The van der Waals surface area contributed by atoms with Crippen LogP contribution in [0.15, 0.2) is 48.7 Å². The van der Waals surface area contributed by atoms with Gasteiger partial charge in [0.25, 0.3) is 0 Å². The highest BCUT2D eigenvalue weighted by atomic mass is 19.1. The minimum Gasteiger partial charge on any atom is -0.345 e. The molecule has 1 aromatic carbocycles. The standard InChI is InChI=1S/C16H17FN2O/c1-19(11-9-15-4-2-3-10-18-15)16(20)12-13-5-7-14(17)8-6-13/h2-8,10H,9,11-12H2,1H3. The van der Waals surface area contributed by atoms with E-state index in [-0.39, 0.29) is 11.7 Å². The summed E-state index contributed by atoms with van der Waals surface area (Å²) in [6.07, 6.45) is 2.77. The summed E-state index contributed by atoms with van der Waals surface area (Å²) in [6.45, 7) is 0.622. The Hall–Kier alpha value is -2.23. The van der Waals surface area contributed by atoms with E-state index in [1.165, 1.54) is 12.1 Å². The molecule has 20 heavy (non-hydrogen) atoms. The van der Waals surface area contributed by atoms with E-state index >= 15 is 0 Å². The van der Waals surface area contributed by atoms with E-state index in [2.05, 4.69) is 4.98 Å². The van der Waals surface area contributed by atoms with E-state index in [1.807, 2.05) is 18.2 Å². The Morgan fingerprint density at radius 1 is 1.20 bits per heavy atom. The van der Waals surface area contributed by atoms with Gasteiger partial charge < -0.3 is 4.90 Å². The molecule has 3 nitrogen and oxygen atoms in total. The zero-order valence-electron chi connectivity index (χ0n) is 11.4. The van der Waals surface area contributed by atoms with E-state index in [1.54, 1.807) is 30.3 Å². The zero-order chi connectivity index (χ0) is 14.4. The number of carbonyl (C=O) groups excluding carboxylic acids is 1. The molecule has 104 valence electrons. The predicted molar refractivity (Wildman–Crippen MR) is 75.7 cm³/mol.